The van der Waals surface area contributed by atoms with Crippen LogP contribution in [0, 0.1) is 0 Å². The van der Waals surface area contributed by atoms with Crippen LogP contribution in [0.25, 0.3) is 55.0 Å². The molecule has 0 atom stereocenters. The predicted octanol–water partition coefficient (Wildman–Crippen LogP) is 11.5. The van der Waals surface area contributed by atoms with Gasteiger partial charge < -0.3 is 9.32 Å². The molecule has 0 N–H and O–H groups in total. The van der Waals surface area contributed by atoms with Gasteiger partial charge in [0.1, 0.15) is 11.2 Å². The van der Waals surface area contributed by atoms with Crippen LogP contribution in [0.4, 0.5) is 17.1 Å². The van der Waals surface area contributed by atoms with Gasteiger partial charge in [-0.15, -0.1) is 0 Å². The normalized spacial score (nSPS) is 11.3. The van der Waals surface area contributed by atoms with E-state index in [1.54, 1.807) is 0 Å². The van der Waals surface area contributed by atoms with Crippen molar-refractivity contribution in [1.82, 2.24) is 0 Å². The van der Waals surface area contributed by atoms with Crippen LogP contribution in [0.5, 0.6) is 0 Å². The average Bonchev–Trinajstić information content (AvgIpc) is 3.46. The van der Waals surface area contributed by atoms with Gasteiger partial charge in [0, 0.05) is 38.8 Å². The number of fused-ring (bicyclic) bond motifs is 5. The van der Waals surface area contributed by atoms with Crippen molar-refractivity contribution in [3.63, 3.8) is 0 Å². The second-order valence-corrected chi connectivity index (χ2v) is 10.5. The molecule has 2 heteroatoms. The van der Waals surface area contributed by atoms with Gasteiger partial charge in [0.25, 0.3) is 0 Å². The lowest BCUT2D eigenvalue weighted by atomic mass is 9.86. The number of para-hydroxylation sites is 3. The van der Waals surface area contributed by atoms with Crippen LogP contribution in [0.1, 0.15) is 0 Å². The summed E-state index contributed by atoms with van der Waals surface area (Å²) in [5.41, 5.74) is 9.96. The van der Waals surface area contributed by atoms with Gasteiger partial charge >= 0.3 is 0 Å². The van der Waals surface area contributed by atoms with Crippen LogP contribution >= 0.6 is 0 Å². The molecular weight excluding hydrogens is 510 g/mol. The second kappa shape index (κ2) is 10.1. The molecule has 0 unspecified atom stereocenters. The largest absolute Gasteiger partial charge is 0.455 e. The molecule has 0 aliphatic heterocycles. The average molecular weight is 538 g/mol. The molecule has 42 heavy (non-hydrogen) atoms. The molecule has 0 fully saturated rings. The highest BCUT2D eigenvalue weighted by atomic mass is 16.3. The maximum Gasteiger partial charge on any atom is 0.143 e. The minimum atomic E-state index is 0.906. The van der Waals surface area contributed by atoms with Crippen molar-refractivity contribution in [3.05, 3.63) is 164 Å². The zero-order valence-electron chi connectivity index (χ0n) is 22.9. The topological polar surface area (TPSA) is 16.4 Å². The summed E-state index contributed by atoms with van der Waals surface area (Å²) in [7, 11) is 0. The van der Waals surface area contributed by atoms with Gasteiger partial charge in [-0.05, 0) is 64.5 Å². The molecule has 8 rings (SSSR count). The van der Waals surface area contributed by atoms with E-state index < -0.39 is 0 Å². The van der Waals surface area contributed by atoms with Gasteiger partial charge in [0.05, 0.1) is 0 Å². The van der Waals surface area contributed by atoms with E-state index in [0.29, 0.717) is 0 Å². The number of hydrogen-bond acceptors (Lipinski definition) is 2. The lowest BCUT2D eigenvalue weighted by molar-refractivity contribution is 0.673. The summed E-state index contributed by atoms with van der Waals surface area (Å²) >= 11 is 0. The van der Waals surface area contributed by atoms with Gasteiger partial charge in [-0.2, -0.15) is 0 Å². The van der Waals surface area contributed by atoms with Crippen LogP contribution in [-0.4, -0.2) is 0 Å². The Hall–Kier alpha value is -5.60. The third-order valence-electron chi connectivity index (χ3n) is 8.04. The van der Waals surface area contributed by atoms with Crippen molar-refractivity contribution in [2.24, 2.45) is 0 Å². The summed E-state index contributed by atoms with van der Waals surface area (Å²) in [6.45, 7) is 0. The SMILES string of the molecule is c1ccc(-c2c(-c3ccc(N(c4ccccc4)c4ccccc4)cc3)c3ccccc3c3oc4ccccc4c23)cc1. The first-order valence-electron chi connectivity index (χ1n) is 14.3. The highest BCUT2D eigenvalue weighted by molar-refractivity contribution is 6.26. The second-order valence-electron chi connectivity index (χ2n) is 10.5. The number of benzene rings is 7. The molecule has 0 saturated heterocycles. The summed E-state index contributed by atoms with van der Waals surface area (Å²) in [5.74, 6) is 0. The van der Waals surface area contributed by atoms with Crippen molar-refractivity contribution in [2.45, 2.75) is 0 Å². The van der Waals surface area contributed by atoms with Gasteiger partial charge in [0.2, 0.25) is 0 Å². The number of anilines is 3. The lowest BCUT2D eigenvalue weighted by Crippen LogP contribution is -2.09. The third-order valence-corrected chi connectivity index (χ3v) is 8.04. The standard InChI is InChI=1S/C40H27NO/c1-4-14-28(15-5-1)38-37(33-20-10-11-21-34(33)40-39(38)35-22-12-13-23-36(35)42-40)29-24-26-32(27-25-29)41(30-16-6-2-7-17-30)31-18-8-3-9-19-31/h1-27H. The molecule has 8 aromatic rings. The van der Waals surface area contributed by atoms with Crippen molar-refractivity contribution in [1.29, 1.82) is 0 Å². The zero-order chi connectivity index (χ0) is 27.9. The third kappa shape index (κ3) is 3.96. The Morgan fingerprint density at radius 3 is 1.48 bits per heavy atom. The zero-order valence-corrected chi connectivity index (χ0v) is 22.9. The van der Waals surface area contributed by atoms with Crippen molar-refractivity contribution in [2.75, 3.05) is 4.90 Å². The molecule has 1 aromatic heterocycles. The molecule has 1 heterocycles. The van der Waals surface area contributed by atoms with Crippen LogP contribution < -0.4 is 4.90 Å². The van der Waals surface area contributed by atoms with Gasteiger partial charge in [-0.3, -0.25) is 0 Å². The Kier molecular flexibility index (Phi) is 5.82. The molecule has 0 radical (unpaired) electrons. The Labute approximate surface area is 244 Å². The molecule has 7 aromatic carbocycles. The lowest BCUT2D eigenvalue weighted by Gasteiger charge is -2.25. The Morgan fingerprint density at radius 1 is 0.357 bits per heavy atom. The first-order valence-corrected chi connectivity index (χ1v) is 14.3. The number of rotatable bonds is 5. The minimum Gasteiger partial charge on any atom is -0.455 e. The van der Waals surface area contributed by atoms with E-state index in [4.69, 9.17) is 4.42 Å². The molecule has 0 aliphatic rings. The van der Waals surface area contributed by atoms with Crippen LogP contribution in [0.15, 0.2) is 168 Å². The van der Waals surface area contributed by atoms with Crippen LogP contribution in [0.3, 0.4) is 0 Å². The predicted molar refractivity (Wildman–Crippen MR) is 177 cm³/mol. The number of furan rings is 1. The summed E-state index contributed by atoms with van der Waals surface area (Å²) in [6, 6.07) is 57.8. The highest BCUT2D eigenvalue weighted by Crippen LogP contribution is 2.48. The molecular formula is C40H27NO. The van der Waals surface area contributed by atoms with Crippen molar-refractivity contribution >= 4 is 49.8 Å². The van der Waals surface area contributed by atoms with Crippen molar-refractivity contribution in [3.8, 4) is 22.3 Å². The molecule has 0 bridgehead atoms. The fourth-order valence-electron chi connectivity index (χ4n) is 6.21. The Balaban J connectivity index is 1.40. The molecule has 0 aliphatic carbocycles. The van der Waals surface area contributed by atoms with E-state index in [0.717, 1.165) is 44.4 Å². The Morgan fingerprint density at radius 2 is 0.833 bits per heavy atom. The smallest absolute Gasteiger partial charge is 0.143 e. The van der Waals surface area contributed by atoms with Crippen LogP contribution in [-0.2, 0) is 0 Å². The number of hydrogen-bond donors (Lipinski definition) is 0. The quantitative estimate of drug-likeness (QED) is 0.217. The van der Waals surface area contributed by atoms with E-state index in [-0.39, 0.29) is 0 Å². The van der Waals surface area contributed by atoms with E-state index in [9.17, 15) is 0 Å². The molecule has 2 nitrogen and oxygen atoms in total. The van der Waals surface area contributed by atoms with E-state index >= 15 is 0 Å². The summed E-state index contributed by atoms with van der Waals surface area (Å²) in [5, 5.41) is 4.59. The number of nitrogens with zero attached hydrogens (tertiary/aromatic N) is 1. The van der Waals surface area contributed by atoms with E-state index in [2.05, 4.69) is 163 Å². The molecule has 0 saturated carbocycles. The van der Waals surface area contributed by atoms with E-state index in [1.807, 2.05) is 6.07 Å². The first kappa shape index (κ1) is 24.2. The maximum absolute atomic E-state index is 6.56. The molecule has 0 amide bonds. The fourth-order valence-corrected chi connectivity index (χ4v) is 6.21. The van der Waals surface area contributed by atoms with Crippen molar-refractivity contribution < 1.29 is 4.42 Å². The maximum atomic E-state index is 6.56. The van der Waals surface area contributed by atoms with E-state index in [1.165, 1.54) is 27.6 Å². The van der Waals surface area contributed by atoms with Gasteiger partial charge in [0.15, 0.2) is 0 Å². The molecule has 0 spiro atoms. The summed E-state index contributed by atoms with van der Waals surface area (Å²) in [6.07, 6.45) is 0. The van der Waals surface area contributed by atoms with Gasteiger partial charge in [-0.25, -0.2) is 0 Å². The summed E-state index contributed by atoms with van der Waals surface area (Å²) < 4.78 is 6.56. The Bertz CT molecular complexity index is 2120. The monoisotopic (exact) mass is 537 g/mol. The van der Waals surface area contributed by atoms with Crippen LogP contribution in [0.2, 0.25) is 0 Å². The van der Waals surface area contributed by atoms with Gasteiger partial charge in [-0.1, -0.05) is 121 Å². The molecule has 198 valence electrons. The highest BCUT2D eigenvalue weighted by Gasteiger charge is 2.22. The first-order chi connectivity index (χ1) is 20.9. The minimum absolute atomic E-state index is 0.906. The fraction of sp³-hybridized carbons (Fsp3) is 0. The summed E-state index contributed by atoms with van der Waals surface area (Å²) in [4.78, 5) is 2.30.